The Morgan fingerprint density at radius 1 is 0.971 bits per heavy atom. The molecular weight excluding hydrogens is 444 g/mol. The van der Waals surface area contributed by atoms with Gasteiger partial charge in [-0.1, -0.05) is 62.0 Å². The zero-order valence-corrected chi connectivity index (χ0v) is 19.4. The second kappa shape index (κ2) is 10.5. The van der Waals surface area contributed by atoms with Crippen LogP contribution in [0.4, 0.5) is 5.69 Å². The molecule has 0 saturated carbocycles. The van der Waals surface area contributed by atoms with E-state index in [4.69, 9.17) is 4.74 Å². The van der Waals surface area contributed by atoms with Crippen molar-refractivity contribution in [2.24, 2.45) is 5.92 Å². The van der Waals surface area contributed by atoms with Gasteiger partial charge >= 0.3 is 5.97 Å². The molecule has 0 radical (unpaired) electrons. The number of para-hydroxylation sites is 1. The highest BCUT2D eigenvalue weighted by Gasteiger charge is 2.49. The van der Waals surface area contributed by atoms with Crippen LogP contribution < -0.4 is 5.32 Å². The third kappa shape index (κ3) is 5.24. The van der Waals surface area contributed by atoms with Crippen LogP contribution in [0.5, 0.6) is 0 Å². The van der Waals surface area contributed by atoms with Crippen LogP contribution >= 0.6 is 11.3 Å². The number of ketones is 1. The van der Waals surface area contributed by atoms with Gasteiger partial charge in [0.15, 0.2) is 12.1 Å². The molecule has 3 aliphatic heterocycles. The lowest BCUT2D eigenvalue weighted by Gasteiger charge is -2.51. The predicted octanol–water partition coefficient (Wildman–Crippen LogP) is 5.57. The van der Waals surface area contributed by atoms with Gasteiger partial charge in [0.2, 0.25) is 5.78 Å². The Kier molecular flexibility index (Phi) is 7.49. The van der Waals surface area contributed by atoms with Gasteiger partial charge in [-0.15, -0.1) is 11.3 Å². The van der Waals surface area contributed by atoms with Crippen LogP contribution in [0.3, 0.4) is 0 Å². The van der Waals surface area contributed by atoms with Crippen LogP contribution in [-0.4, -0.2) is 48.5 Å². The lowest BCUT2D eigenvalue weighted by molar-refractivity contribution is -0.938. The smallest absolute Gasteiger partial charge is 0.333 e. The maximum absolute atomic E-state index is 13.4. The molecule has 4 heterocycles. The second-order valence-corrected chi connectivity index (χ2v) is 10.1. The number of Topliss-reactive ketones (excluding diaryl/α,β-unsaturated/α-hetero) is 1. The van der Waals surface area contributed by atoms with E-state index in [0.29, 0.717) is 12.5 Å². The fourth-order valence-electron chi connectivity index (χ4n) is 5.24. The van der Waals surface area contributed by atoms with Crippen molar-refractivity contribution in [3.63, 3.8) is 0 Å². The maximum atomic E-state index is 13.4. The number of piperidine rings is 3. The Morgan fingerprint density at radius 3 is 2.29 bits per heavy atom. The summed E-state index contributed by atoms with van der Waals surface area (Å²) < 4.78 is 6.92. The van der Waals surface area contributed by atoms with Crippen LogP contribution in [0.2, 0.25) is 0 Å². The molecule has 2 aromatic carbocycles. The summed E-state index contributed by atoms with van der Waals surface area (Å²) in [5.41, 5.74) is 1.76. The number of nitrogens with zero attached hydrogens (tertiary/aromatic N) is 1. The van der Waals surface area contributed by atoms with Gasteiger partial charge in [0.05, 0.1) is 18.0 Å². The van der Waals surface area contributed by atoms with Crippen molar-refractivity contribution in [3.8, 4) is 0 Å². The minimum Gasteiger partial charge on any atom is -0.454 e. The Labute approximate surface area is 206 Å². The van der Waals surface area contributed by atoms with Gasteiger partial charge in [0.1, 0.15) is 13.1 Å². The van der Waals surface area contributed by atoms with Gasteiger partial charge in [0.25, 0.3) is 0 Å². The molecule has 1 N–H and O–H groups in total. The normalized spacial score (nSPS) is 24.0. The molecule has 3 aliphatic rings. The van der Waals surface area contributed by atoms with E-state index in [1.165, 1.54) is 11.3 Å². The second-order valence-electron chi connectivity index (χ2n) is 9.20. The van der Waals surface area contributed by atoms with Crippen molar-refractivity contribution in [1.82, 2.24) is 0 Å². The number of rotatable bonds is 8. The monoisotopic (exact) mass is 477 g/mol. The van der Waals surface area contributed by atoms with E-state index in [9.17, 15) is 9.59 Å². The number of hydrogen-bond donors (Lipinski definition) is 1. The molecule has 0 amide bonds. The largest absolute Gasteiger partial charge is 0.454 e. The highest BCUT2D eigenvalue weighted by Crippen LogP contribution is 2.37. The summed E-state index contributed by atoms with van der Waals surface area (Å²) in [6.45, 7) is 3.19. The number of carbonyl (C=O) groups excluding carboxylic acids is 2. The number of fused-ring (bicyclic) bond motifs is 3. The topological polar surface area (TPSA) is 55.4 Å². The van der Waals surface area contributed by atoms with E-state index in [2.05, 4.69) is 5.32 Å². The van der Waals surface area contributed by atoms with Gasteiger partial charge in [0, 0.05) is 24.4 Å². The number of ether oxygens (including phenoxy) is 1. The third-order valence-electron chi connectivity index (χ3n) is 7.04. The van der Waals surface area contributed by atoms with Gasteiger partial charge in [-0.05, 0) is 29.1 Å². The fourth-order valence-corrected chi connectivity index (χ4v) is 5.90. The molecule has 0 aliphatic carbocycles. The molecule has 2 atom stereocenters. The minimum atomic E-state index is -0.578. The first-order valence-corrected chi connectivity index (χ1v) is 12.5. The van der Waals surface area contributed by atoms with Gasteiger partial charge < -0.3 is 14.5 Å². The van der Waals surface area contributed by atoms with Crippen LogP contribution in [-0.2, 0) is 9.53 Å². The molecule has 6 heteroatoms. The summed E-state index contributed by atoms with van der Waals surface area (Å²) in [6, 6.07) is 22.7. The molecule has 3 aromatic rings. The summed E-state index contributed by atoms with van der Waals surface area (Å²) in [4.78, 5) is 27.1. The maximum Gasteiger partial charge on any atom is 0.333 e. The lowest BCUT2D eigenvalue weighted by atomic mass is 9.83. The Bertz CT molecular complexity index is 1080. The van der Waals surface area contributed by atoms with Crippen molar-refractivity contribution in [1.29, 1.82) is 0 Å². The van der Waals surface area contributed by atoms with Crippen LogP contribution in [0.15, 0.2) is 78.2 Å². The number of nitrogens with one attached hydrogen (secondary N) is 1. The quantitative estimate of drug-likeness (QED) is 0.262. The Balaban J connectivity index is 0.00000274. The standard InChI is InChI=1S/C27H29N2O3S.CH4/c30-23(25-12-7-17-33-25)18-29-15-13-20(14-16-29)24(19-29)32-27(31)26(21-8-3-1-4-9-21)28-22-10-5-2-6-11-22;/h1-12,17,20,24,26,28H,13-16,18-19H2;1H4/q+1;/t20?,24-,26-,29?;/m0./s1. The number of benzene rings is 2. The molecule has 178 valence electrons. The van der Waals surface area contributed by atoms with Crippen molar-refractivity contribution < 1.29 is 18.8 Å². The average Bonchev–Trinajstić information content (AvgIpc) is 3.40. The van der Waals surface area contributed by atoms with E-state index < -0.39 is 6.04 Å². The first-order valence-electron chi connectivity index (χ1n) is 11.6. The Hall–Kier alpha value is -2.96. The zero-order valence-electron chi connectivity index (χ0n) is 18.6. The summed E-state index contributed by atoms with van der Waals surface area (Å²) >= 11 is 1.50. The average molecular weight is 478 g/mol. The van der Waals surface area contributed by atoms with E-state index in [1.807, 2.05) is 78.2 Å². The van der Waals surface area contributed by atoms with Crippen molar-refractivity contribution in [2.75, 3.05) is 31.5 Å². The third-order valence-corrected chi connectivity index (χ3v) is 7.95. The van der Waals surface area contributed by atoms with Gasteiger partial charge in [-0.2, -0.15) is 0 Å². The first kappa shape index (κ1) is 24.2. The molecule has 3 saturated heterocycles. The molecular formula is C28H33N2O3S+. The highest BCUT2D eigenvalue weighted by molar-refractivity contribution is 7.12. The molecule has 3 fully saturated rings. The van der Waals surface area contributed by atoms with Crippen LogP contribution in [0, 0.1) is 5.92 Å². The van der Waals surface area contributed by atoms with Crippen molar-refractivity contribution in [2.45, 2.75) is 32.4 Å². The van der Waals surface area contributed by atoms with Gasteiger partial charge in [-0.3, -0.25) is 4.79 Å². The molecule has 6 rings (SSSR count). The molecule has 1 aromatic heterocycles. The number of thiophene rings is 1. The summed E-state index contributed by atoms with van der Waals surface area (Å²) in [5.74, 6) is 0.314. The number of quaternary nitrogens is 1. The van der Waals surface area contributed by atoms with E-state index in [0.717, 1.165) is 53.1 Å². The lowest BCUT2D eigenvalue weighted by Crippen LogP contribution is -2.65. The minimum absolute atomic E-state index is 0. The summed E-state index contributed by atoms with van der Waals surface area (Å²) in [7, 11) is 0. The first-order chi connectivity index (χ1) is 16.1. The summed E-state index contributed by atoms with van der Waals surface area (Å²) in [5, 5.41) is 5.30. The SMILES string of the molecule is C.O=C(C[N+]12CCC(CC1)[C@@H](OC(=O)[C@@H](Nc1ccccc1)c1ccccc1)C2)c1cccs1. The van der Waals surface area contributed by atoms with Crippen molar-refractivity contribution >= 4 is 28.8 Å². The zero-order chi connectivity index (χ0) is 22.7. The van der Waals surface area contributed by atoms with E-state index in [1.54, 1.807) is 0 Å². The number of anilines is 1. The molecule has 0 spiro atoms. The fraction of sp³-hybridized carbons (Fsp3) is 0.357. The summed E-state index contributed by atoms with van der Waals surface area (Å²) in [6.07, 6.45) is 1.84. The number of esters is 1. The van der Waals surface area contributed by atoms with E-state index in [-0.39, 0.29) is 25.3 Å². The van der Waals surface area contributed by atoms with Crippen molar-refractivity contribution in [3.05, 3.63) is 88.6 Å². The number of hydrogen-bond acceptors (Lipinski definition) is 5. The molecule has 0 unspecified atom stereocenters. The predicted molar refractivity (Wildman–Crippen MR) is 137 cm³/mol. The van der Waals surface area contributed by atoms with Gasteiger partial charge in [-0.25, -0.2) is 4.79 Å². The highest BCUT2D eigenvalue weighted by atomic mass is 32.1. The Morgan fingerprint density at radius 2 is 1.65 bits per heavy atom. The molecule has 2 bridgehead atoms. The van der Waals surface area contributed by atoms with E-state index >= 15 is 0 Å². The molecule has 5 nitrogen and oxygen atoms in total. The number of carbonyl (C=O) groups is 2. The van der Waals surface area contributed by atoms with Crippen LogP contribution in [0.1, 0.15) is 41.5 Å². The molecule has 34 heavy (non-hydrogen) atoms. The van der Waals surface area contributed by atoms with Crippen LogP contribution in [0.25, 0.3) is 0 Å².